The van der Waals surface area contributed by atoms with Gasteiger partial charge in [0.25, 0.3) is 0 Å². The topological polar surface area (TPSA) is 44.8 Å². The normalized spacial score (nSPS) is 10.1. The van der Waals surface area contributed by atoms with Crippen LogP contribution in [0.1, 0.15) is 15.9 Å². The number of rotatable bonds is 5. The molecule has 82 valence electrons. The lowest BCUT2D eigenvalue weighted by Crippen LogP contribution is -2.09. The summed E-state index contributed by atoms with van der Waals surface area (Å²) in [5.74, 6) is 0.282. The summed E-state index contributed by atoms with van der Waals surface area (Å²) in [6, 6.07) is 5.28. The summed E-state index contributed by atoms with van der Waals surface area (Å²) in [7, 11) is 2.87. The number of carbonyl (C=O) groups excluding carboxylic acids is 1. The first-order valence-electron chi connectivity index (χ1n) is 4.52. The fourth-order valence-electron chi connectivity index (χ4n) is 1.23. The van der Waals surface area contributed by atoms with Gasteiger partial charge in [-0.2, -0.15) is 4.89 Å². The third-order valence-corrected chi connectivity index (χ3v) is 1.89. The number of methoxy groups -OCH3 is 1. The second kappa shape index (κ2) is 5.48. The van der Waals surface area contributed by atoms with Crippen molar-refractivity contribution in [3.8, 4) is 5.75 Å². The highest BCUT2D eigenvalue weighted by Gasteiger charge is 2.13. The van der Waals surface area contributed by atoms with E-state index in [4.69, 9.17) is 9.62 Å². The minimum Gasteiger partial charge on any atom is -0.377 e. The Hall–Kier alpha value is -1.39. The van der Waals surface area contributed by atoms with Gasteiger partial charge in [-0.3, -0.25) is 4.79 Å². The number of ether oxygens (including phenoxy) is 1. The highest BCUT2D eigenvalue weighted by Crippen LogP contribution is 2.21. The van der Waals surface area contributed by atoms with Crippen LogP contribution in [0.2, 0.25) is 0 Å². The first-order chi connectivity index (χ1) is 7.19. The number of hydrogen-bond donors (Lipinski definition) is 0. The molecule has 0 N–H and O–H groups in total. The molecule has 0 atom stereocenters. The van der Waals surface area contributed by atoms with Gasteiger partial charge in [-0.05, 0) is 24.6 Å². The smallest absolute Gasteiger partial charge is 0.192 e. The minimum atomic E-state index is -0.135. The molecule has 0 heterocycles. The van der Waals surface area contributed by atoms with E-state index in [2.05, 4.69) is 4.89 Å². The number of Topliss-reactive ketones (excluding diaryl/α,β-unsaturated/α-hetero) is 1. The van der Waals surface area contributed by atoms with Gasteiger partial charge in [0.2, 0.25) is 0 Å². The molecule has 0 radical (unpaired) electrons. The van der Waals surface area contributed by atoms with Gasteiger partial charge in [-0.1, -0.05) is 6.07 Å². The third kappa shape index (κ3) is 3.04. The van der Waals surface area contributed by atoms with Gasteiger partial charge >= 0.3 is 0 Å². The van der Waals surface area contributed by atoms with Crippen LogP contribution in [0, 0.1) is 6.92 Å². The summed E-state index contributed by atoms with van der Waals surface area (Å²) in [5, 5.41) is 0. The monoisotopic (exact) mass is 210 g/mol. The number of benzene rings is 1. The van der Waals surface area contributed by atoms with Crippen molar-refractivity contribution in [1.82, 2.24) is 0 Å². The van der Waals surface area contributed by atoms with Gasteiger partial charge in [0.15, 0.2) is 11.5 Å². The molecule has 1 aromatic rings. The van der Waals surface area contributed by atoms with Crippen molar-refractivity contribution in [3.05, 3.63) is 29.3 Å². The molecule has 0 aliphatic carbocycles. The van der Waals surface area contributed by atoms with E-state index in [1.807, 2.05) is 13.0 Å². The second-order valence-electron chi connectivity index (χ2n) is 3.11. The van der Waals surface area contributed by atoms with Crippen molar-refractivity contribution in [2.24, 2.45) is 0 Å². The number of ketones is 1. The number of hydrogen-bond acceptors (Lipinski definition) is 4. The van der Waals surface area contributed by atoms with Crippen LogP contribution in [0.5, 0.6) is 5.75 Å². The Morgan fingerprint density at radius 2 is 2.07 bits per heavy atom. The second-order valence-corrected chi connectivity index (χ2v) is 3.11. The van der Waals surface area contributed by atoms with E-state index in [0.717, 1.165) is 5.56 Å². The Morgan fingerprint density at radius 3 is 2.67 bits per heavy atom. The fraction of sp³-hybridized carbons (Fsp3) is 0.364. The highest BCUT2D eigenvalue weighted by molar-refractivity contribution is 5.99. The van der Waals surface area contributed by atoms with Crippen LogP contribution >= 0.6 is 0 Å². The molecule has 0 aromatic heterocycles. The predicted octanol–water partition coefficient (Wildman–Crippen LogP) is 1.76. The number of aryl methyl sites for hydroxylation is 1. The SMILES string of the molecule is COCC(=O)c1ccc(C)cc1OOC. The zero-order chi connectivity index (χ0) is 11.3. The van der Waals surface area contributed by atoms with E-state index in [1.165, 1.54) is 14.2 Å². The molecular weight excluding hydrogens is 196 g/mol. The maximum absolute atomic E-state index is 11.6. The molecule has 4 nitrogen and oxygen atoms in total. The summed E-state index contributed by atoms with van der Waals surface area (Å²) in [5.41, 5.74) is 1.46. The first kappa shape index (κ1) is 11.7. The molecule has 15 heavy (non-hydrogen) atoms. The minimum absolute atomic E-state index is 0.0309. The molecule has 0 fully saturated rings. The quantitative estimate of drug-likeness (QED) is 0.422. The van der Waals surface area contributed by atoms with Crippen molar-refractivity contribution >= 4 is 5.78 Å². The molecule has 1 rings (SSSR count). The van der Waals surface area contributed by atoms with Crippen molar-refractivity contribution in [2.45, 2.75) is 6.92 Å². The standard InChI is InChI=1S/C11H14O4/c1-8-4-5-9(10(12)7-13-2)11(6-8)15-14-3/h4-6H,7H2,1-3H3. The molecule has 4 heteroatoms. The zero-order valence-electron chi connectivity index (χ0n) is 9.07. The summed E-state index contributed by atoms with van der Waals surface area (Å²) in [4.78, 5) is 21.1. The van der Waals surface area contributed by atoms with Gasteiger partial charge < -0.3 is 9.62 Å². The van der Waals surface area contributed by atoms with E-state index in [9.17, 15) is 4.79 Å². The van der Waals surface area contributed by atoms with Gasteiger partial charge in [-0.25, -0.2) is 0 Å². The average Bonchev–Trinajstić information content (AvgIpc) is 2.18. The zero-order valence-corrected chi connectivity index (χ0v) is 9.07. The Labute approximate surface area is 88.7 Å². The van der Waals surface area contributed by atoms with Crippen LogP contribution < -0.4 is 4.89 Å². The van der Waals surface area contributed by atoms with Crippen molar-refractivity contribution < 1.29 is 19.3 Å². The predicted molar refractivity (Wildman–Crippen MR) is 55.0 cm³/mol. The molecule has 0 amide bonds. The van der Waals surface area contributed by atoms with E-state index < -0.39 is 0 Å². The van der Waals surface area contributed by atoms with Crippen molar-refractivity contribution in [2.75, 3.05) is 20.8 Å². The molecule has 1 aromatic carbocycles. The molecular formula is C11H14O4. The van der Waals surface area contributed by atoms with Crippen molar-refractivity contribution in [1.29, 1.82) is 0 Å². The lowest BCUT2D eigenvalue weighted by molar-refractivity contribution is -0.178. The maximum Gasteiger partial charge on any atom is 0.192 e. The summed E-state index contributed by atoms with van der Waals surface area (Å²) in [6.45, 7) is 1.94. The first-order valence-corrected chi connectivity index (χ1v) is 4.52. The summed E-state index contributed by atoms with van der Waals surface area (Å²) < 4.78 is 4.78. The van der Waals surface area contributed by atoms with Crippen molar-refractivity contribution in [3.63, 3.8) is 0 Å². The van der Waals surface area contributed by atoms with Crippen LogP contribution in [0.4, 0.5) is 0 Å². The Bertz CT molecular complexity index is 346. The van der Waals surface area contributed by atoms with E-state index in [1.54, 1.807) is 12.1 Å². The van der Waals surface area contributed by atoms with Crippen LogP contribution in [-0.2, 0) is 9.62 Å². The fourth-order valence-corrected chi connectivity index (χ4v) is 1.23. The van der Waals surface area contributed by atoms with Gasteiger partial charge in [-0.15, -0.1) is 0 Å². The average molecular weight is 210 g/mol. The molecule has 0 saturated heterocycles. The van der Waals surface area contributed by atoms with Crippen LogP contribution in [-0.4, -0.2) is 26.6 Å². The van der Waals surface area contributed by atoms with E-state index >= 15 is 0 Å². The Kier molecular flexibility index (Phi) is 4.27. The number of carbonyl (C=O) groups is 1. The van der Waals surface area contributed by atoms with Crippen LogP contribution in [0.15, 0.2) is 18.2 Å². The highest BCUT2D eigenvalue weighted by atomic mass is 17.2. The summed E-state index contributed by atoms with van der Waals surface area (Å²) >= 11 is 0. The van der Waals surface area contributed by atoms with Gasteiger partial charge in [0, 0.05) is 7.11 Å². The van der Waals surface area contributed by atoms with Gasteiger partial charge in [0.05, 0.1) is 12.7 Å². The molecule has 0 aliphatic heterocycles. The largest absolute Gasteiger partial charge is 0.377 e. The maximum atomic E-state index is 11.6. The van der Waals surface area contributed by atoms with Crippen LogP contribution in [0.25, 0.3) is 0 Å². The molecule has 0 spiro atoms. The molecule has 0 saturated carbocycles. The Balaban J connectivity index is 2.99. The molecule has 0 bridgehead atoms. The lowest BCUT2D eigenvalue weighted by atomic mass is 10.1. The van der Waals surface area contributed by atoms with Crippen LogP contribution in [0.3, 0.4) is 0 Å². The molecule has 0 aliphatic rings. The summed E-state index contributed by atoms with van der Waals surface area (Å²) in [6.07, 6.45) is 0. The van der Waals surface area contributed by atoms with E-state index in [-0.39, 0.29) is 12.4 Å². The van der Waals surface area contributed by atoms with Gasteiger partial charge in [0.1, 0.15) is 6.61 Å². The lowest BCUT2D eigenvalue weighted by Gasteiger charge is -2.07. The third-order valence-electron chi connectivity index (χ3n) is 1.89. The Morgan fingerprint density at radius 1 is 1.33 bits per heavy atom. The van der Waals surface area contributed by atoms with E-state index in [0.29, 0.717) is 11.3 Å². The molecule has 0 unspecified atom stereocenters.